The molecule has 2 atom stereocenters. The Morgan fingerprint density at radius 1 is 1.00 bits per heavy atom. The molecule has 0 spiro atoms. The quantitative estimate of drug-likeness (QED) is 0.422. The summed E-state index contributed by atoms with van der Waals surface area (Å²) >= 11 is 0. The van der Waals surface area contributed by atoms with Crippen molar-refractivity contribution < 1.29 is 45.1 Å². The third-order valence-electron chi connectivity index (χ3n) is 7.73. The summed E-state index contributed by atoms with van der Waals surface area (Å²) in [5.74, 6) is -8.95. The number of fused-ring (bicyclic) bond motifs is 1. The zero-order valence-electron chi connectivity index (χ0n) is 21.2. The minimum absolute atomic E-state index is 0.0511. The summed E-state index contributed by atoms with van der Waals surface area (Å²) < 4.78 is 99.1. The van der Waals surface area contributed by atoms with Crippen LogP contribution in [0.15, 0.2) is 18.5 Å². The minimum atomic E-state index is -5.17. The van der Waals surface area contributed by atoms with Crippen molar-refractivity contribution in [1.82, 2.24) is 25.2 Å². The van der Waals surface area contributed by atoms with E-state index in [2.05, 4.69) is 15.4 Å². The molecule has 0 radical (unpaired) electrons. The maximum Gasteiger partial charge on any atom is 0.471 e. The Bertz CT molecular complexity index is 1250. The van der Waals surface area contributed by atoms with Crippen LogP contribution in [0, 0.1) is 11.8 Å². The number of ether oxygens (including phenoxy) is 1. The molecule has 3 aliphatic carbocycles. The van der Waals surface area contributed by atoms with Gasteiger partial charge in [0.1, 0.15) is 6.61 Å². The van der Waals surface area contributed by atoms with Crippen LogP contribution in [0.2, 0.25) is 0 Å². The molecular weight excluding hydrogens is 551 g/mol. The van der Waals surface area contributed by atoms with Crippen molar-refractivity contribution in [1.29, 1.82) is 0 Å². The molecule has 3 fully saturated rings. The van der Waals surface area contributed by atoms with Gasteiger partial charge in [0.25, 0.3) is 5.92 Å². The number of alkyl halides is 7. The van der Waals surface area contributed by atoms with Crippen LogP contribution in [-0.2, 0) is 14.3 Å². The summed E-state index contributed by atoms with van der Waals surface area (Å²) in [6, 6.07) is -0.131. The minimum Gasteiger partial charge on any atom is -0.368 e. The summed E-state index contributed by atoms with van der Waals surface area (Å²) in [6.45, 7) is -0.381. The third-order valence-corrected chi connectivity index (χ3v) is 7.73. The second-order valence-electron chi connectivity index (χ2n) is 11.0. The van der Waals surface area contributed by atoms with Gasteiger partial charge >= 0.3 is 12.1 Å². The van der Waals surface area contributed by atoms with Crippen LogP contribution in [0.1, 0.15) is 74.7 Å². The molecule has 2 amide bonds. The molecule has 220 valence electrons. The van der Waals surface area contributed by atoms with Gasteiger partial charge in [-0.25, -0.2) is 27.1 Å². The van der Waals surface area contributed by atoms with Crippen LogP contribution in [0.25, 0.3) is 5.65 Å². The molecule has 0 aromatic carbocycles. The first-order chi connectivity index (χ1) is 18.7. The van der Waals surface area contributed by atoms with Gasteiger partial charge in [-0.15, -0.1) is 0 Å². The first-order valence-electron chi connectivity index (χ1n) is 13.1. The third kappa shape index (κ3) is 6.66. The number of aromatic nitrogens is 3. The van der Waals surface area contributed by atoms with Crippen LogP contribution >= 0.6 is 0 Å². The highest BCUT2D eigenvalue weighted by Crippen LogP contribution is 2.43. The highest BCUT2D eigenvalue weighted by Gasteiger charge is 2.47. The predicted octanol–water partition coefficient (Wildman–Crippen LogP) is 4.66. The molecule has 0 aliphatic heterocycles. The van der Waals surface area contributed by atoms with E-state index in [1.165, 1.54) is 16.9 Å². The Balaban J connectivity index is 1.32. The normalized spacial score (nSPS) is 22.9. The van der Waals surface area contributed by atoms with Gasteiger partial charge in [-0.2, -0.15) is 18.3 Å². The Morgan fingerprint density at radius 2 is 1.65 bits per heavy atom. The smallest absolute Gasteiger partial charge is 0.368 e. The molecule has 2 heterocycles. The molecular formula is C25H28F7N5O3. The molecule has 3 saturated carbocycles. The first kappa shape index (κ1) is 28.6. The van der Waals surface area contributed by atoms with E-state index in [-0.39, 0.29) is 36.7 Å². The molecule has 40 heavy (non-hydrogen) atoms. The van der Waals surface area contributed by atoms with E-state index in [0.717, 1.165) is 12.8 Å². The lowest BCUT2D eigenvalue weighted by Gasteiger charge is -2.34. The van der Waals surface area contributed by atoms with Gasteiger partial charge in [0.2, 0.25) is 11.8 Å². The van der Waals surface area contributed by atoms with Crippen molar-refractivity contribution in [3.05, 3.63) is 29.7 Å². The van der Waals surface area contributed by atoms with E-state index in [4.69, 9.17) is 4.74 Å². The molecule has 5 rings (SSSR count). The summed E-state index contributed by atoms with van der Waals surface area (Å²) in [5.41, 5.74) is 0.854. The van der Waals surface area contributed by atoms with E-state index >= 15 is 0 Å². The van der Waals surface area contributed by atoms with Crippen LogP contribution in [0.3, 0.4) is 0 Å². The molecule has 15 heteroatoms. The zero-order valence-corrected chi connectivity index (χ0v) is 21.2. The summed E-state index contributed by atoms with van der Waals surface area (Å²) in [6.07, 6.45) is -3.46. The average Bonchev–Trinajstić information content (AvgIpc) is 3.60. The molecule has 2 N–H and O–H groups in total. The van der Waals surface area contributed by atoms with Crippen LogP contribution in [0.5, 0.6) is 0 Å². The lowest BCUT2D eigenvalue weighted by molar-refractivity contribution is -0.175. The van der Waals surface area contributed by atoms with Crippen molar-refractivity contribution in [2.75, 3.05) is 6.61 Å². The molecule has 3 aliphatic rings. The standard InChI is InChI=1S/C25H28F7N5O3/c26-23(27)5-3-14(4-6-23)21(36-22(39)25(30,31)32)17-11-37-18(34-17)7-15(10-33-37)20(13-1-2-13)35-19(38)12-40-16-8-24(28,29)9-16/h7,10-11,13-14,16,20-21H,1-6,8-9,12H2,(H,35,38)(H,36,39)/t20-,21+/m1/s1. The lowest BCUT2D eigenvalue weighted by Crippen LogP contribution is -2.43. The van der Waals surface area contributed by atoms with Gasteiger partial charge < -0.3 is 15.4 Å². The van der Waals surface area contributed by atoms with Gasteiger partial charge in [-0.1, -0.05) is 0 Å². The number of nitrogens with one attached hydrogen (secondary N) is 2. The highest BCUT2D eigenvalue weighted by atomic mass is 19.4. The fourth-order valence-corrected chi connectivity index (χ4v) is 5.32. The Morgan fingerprint density at radius 3 is 2.25 bits per heavy atom. The van der Waals surface area contributed by atoms with E-state index in [9.17, 15) is 40.3 Å². The second-order valence-corrected chi connectivity index (χ2v) is 11.0. The largest absolute Gasteiger partial charge is 0.471 e. The van der Waals surface area contributed by atoms with Gasteiger partial charge in [-0.3, -0.25) is 9.59 Å². The SMILES string of the molecule is O=C(COC1CC(F)(F)C1)N[C@@H](c1cnn2cc([C@@H](NC(=O)C(F)(F)F)C3CCC(F)(F)CC3)nc2c1)C1CC1. The number of nitrogens with zero attached hydrogens (tertiary/aromatic N) is 3. The number of carbonyl (C=O) groups is 2. The number of carbonyl (C=O) groups excluding carboxylic acids is 2. The Hall–Kier alpha value is -2.97. The van der Waals surface area contributed by atoms with E-state index in [1.807, 2.05) is 5.32 Å². The van der Waals surface area contributed by atoms with E-state index in [1.54, 1.807) is 6.07 Å². The van der Waals surface area contributed by atoms with Gasteiger partial charge in [-0.05, 0) is 49.1 Å². The van der Waals surface area contributed by atoms with Gasteiger partial charge in [0, 0.05) is 25.7 Å². The average molecular weight is 580 g/mol. The van der Waals surface area contributed by atoms with Crippen molar-refractivity contribution in [3.8, 4) is 0 Å². The van der Waals surface area contributed by atoms with E-state index < -0.39 is 79.6 Å². The fraction of sp³-hybridized carbons (Fsp3) is 0.680. The summed E-state index contributed by atoms with van der Waals surface area (Å²) in [5, 5.41) is 9.03. The fourth-order valence-electron chi connectivity index (χ4n) is 5.32. The zero-order chi connectivity index (χ0) is 28.9. The molecule has 2 aromatic rings. The van der Waals surface area contributed by atoms with Crippen molar-refractivity contribution in [2.45, 2.75) is 87.6 Å². The monoisotopic (exact) mass is 579 g/mol. The first-order valence-corrected chi connectivity index (χ1v) is 13.1. The van der Waals surface area contributed by atoms with Crippen molar-refractivity contribution in [3.63, 3.8) is 0 Å². The van der Waals surface area contributed by atoms with Crippen molar-refractivity contribution in [2.24, 2.45) is 11.8 Å². The van der Waals surface area contributed by atoms with Crippen LogP contribution < -0.4 is 10.6 Å². The van der Waals surface area contributed by atoms with Crippen LogP contribution in [0.4, 0.5) is 30.7 Å². The topological polar surface area (TPSA) is 97.6 Å². The molecule has 8 nitrogen and oxygen atoms in total. The number of halogens is 7. The van der Waals surface area contributed by atoms with Crippen LogP contribution in [-0.4, -0.2) is 57.1 Å². The Kier molecular flexibility index (Phi) is 7.46. The van der Waals surface area contributed by atoms with Crippen molar-refractivity contribution >= 4 is 17.5 Å². The van der Waals surface area contributed by atoms with Gasteiger partial charge in [0.15, 0.2) is 5.65 Å². The number of hydrogen-bond donors (Lipinski definition) is 2. The van der Waals surface area contributed by atoms with Gasteiger partial charge in [0.05, 0.1) is 36.3 Å². The highest BCUT2D eigenvalue weighted by molar-refractivity contribution is 5.82. The number of rotatable bonds is 9. The summed E-state index contributed by atoms with van der Waals surface area (Å²) in [7, 11) is 0. The lowest BCUT2D eigenvalue weighted by atomic mass is 9.81. The molecule has 0 bridgehead atoms. The molecule has 0 unspecified atom stereocenters. The predicted molar refractivity (Wildman–Crippen MR) is 124 cm³/mol. The summed E-state index contributed by atoms with van der Waals surface area (Å²) in [4.78, 5) is 28.6. The molecule has 2 aromatic heterocycles. The number of imidazole rings is 1. The second kappa shape index (κ2) is 10.5. The number of amides is 2. The number of hydrogen-bond acceptors (Lipinski definition) is 5. The Labute approximate surface area is 224 Å². The maximum absolute atomic E-state index is 13.7. The molecule has 0 saturated heterocycles. The van der Waals surface area contributed by atoms with E-state index in [0.29, 0.717) is 5.56 Å². The maximum atomic E-state index is 13.7.